The summed E-state index contributed by atoms with van der Waals surface area (Å²) < 4.78 is 0. The van der Waals surface area contributed by atoms with Crippen LogP contribution in [0.3, 0.4) is 0 Å². The number of hydrogen-bond acceptors (Lipinski definition) is 3. The van der Waals surface area contributed by atoms with E-state index in [0.29, 0.717) is 0 Å². The lowest BCUT2D eigenvalue weighted by molar-refractivity contribution is 0.0939. The van der Waals surface area contributed by atoms with Crippen molar-refractivity contribution >= 4 is 5.91 Å². The van der Waals surface area contributed by atoms with Crippen LogP contribution in [0.1, 0.15) is 59.9 Å². The largest absolute Gasteiger partial charge is 0.349 e. The average molecular weight is 354 g/mol. The molecule has 5 nitrogen and oxygen atoms in total. The predicted molar refractivity (Wildman–Crippen MR) is 104 cm³/mol. The molecule has 2 aromatic rings. The number of amides is 1. The summed E-state index contributed by atoms with van der Waals surface area (Å²) in [5.74, 6) is -0.0116. The molecule has 0 bridgehead atoms. The lowest BCUT2D eigenvalue weighted by Crippen LogP contribution is -2.34. The third-order valence-corrected chi connectivity index (χ3v) is 4.95. The van der Waals surface area contributed by atoms with Gasteiger partial charge < -0.3 is 5.32 Å². The number of likely N-dealkylation sites (tertiary alicyclic amines) is 1. The highest BCUT2D eigenvalue weighted by Gasteiger charge is 2.14. The Morgan fingerprint density at radius 3 is 2.69 bits per heavy atom. The van der Waals surface area contributed by atoms with E-state index in [4.69, 9.17) is 0 Å². The summed E-state index contributed by atoms with van der Waals surface area (Å²) in [6.45, 7) is 7.26. The summed E-state index contributed by atoms with van der Waals surface area (Å²) in [5, 5.41) is 10.3. The van der Waals surface area contributed by atoms with E-state index < -0.39 is 0 Å². The molecule has 26 heavy (non-hydrogen) atoms. The highest BCUT2D eigenvalue weighted by Crippen LogP contribution is 2.14. The number of benzene rings is 1. The standard InChI is InChI=1S/C21H30N4O/c1-16(12-20-13-17(2)23-24-20)22-21(26)19-9-7-8-18(14-19)15-25-10-5-3-4-6-11-25/h7-9,13-14,16H,3-6,10-12,15H2,1-2H3,(H,22,26)(H,23,24)/t16-/m0/s1. The molecule has 2 heterocycles. The van der Waals surface area contributed by atoms with Crippen molar-refractivity contribution in [2.45, 2.75) is 58.5 Å². The smallest absolute Gasteiger partial charge is 0.251 e. The number of rotatable bonds is 6. The first kappa shape index (κ1) is 18.6. The number of aromatic amines is 1. The summed E-state index contributed by atoms with van der Waals surface area (Å²) in [7, 11) is 0. The second-order valence-corrected chi connectivity index (χ2v) is 7.51. The van der Waals surface area contributed by atoms with Crippen LogP contribution in [-0.4, -0.2) is 40.1 Å². The van der Waals surface area contributed by atoms with Gasteiger partial charge in [-0.1, -0.05) is 25.0 Å². The van der Waals surface area contributed by atoms with Crippen molar-refractivity contribution in [2.75, 3.05) is 13.1 Å². The Morgan fingerprint density at radius 2 is 2.00 bits per heavy atom. The van der Waals surface area contributed by atoms with Gasteiger partial charge in [0.25, 0.3) is 5.91 Å². The molecule has 1 fully saturated rings. The quantitative estimate of drug-likeness (QED) is 0.835. The minimum Gasteiger partial charge on any atom is -0.349 e. The fourth-order valence-electron chi connectivity index (χ4n) is 3.61. The Bertz CT molecular complexity index is 716. The fraction of sp³-hybridized carbons (Fsp3) is 0.524. The van der Waals surface area contributed by atoms with E-state index in [2.05, 4.69) is 26.5 Å². The van der Waals surface area contributed by atoms with Crippen molar-refractivity contribution in [3.8, 4) is 0 Å². The molecule has 0 saturated carbocycles. The van der Waals surface area contributed by atoms with E-state index in [-0.39, 0.29) is 11.9 Å². The van der Waals surface area contributed by atoms with Gasteiger partial charge in [-0.05, 0) is 63.5 Å². The van der Waals surface area contributed by atoms with Crippen molar-refractivity contribution in [1.29, 1.82) is 0 Å². The lowest BCUT2D eigenvalue weighted by Gasteiger charge is -2.20. The normalized spacial score (nSPS) is 16.8. The van der Waals surface area contributed by atoms with Crippen LogP contribution in [-0.2, 0) is 13.0 Å². The molecule has 5 heteroatoms. The SMILES string of the molecule is Cc1cc(C[C@H](C)NC(=O)c2cccc(CN3CCCCCC3)c2)n[nH]1. The summed E-state index contributed by atoms with van der Waals surface area (Å²) >= 11 is 0. The summed E-state index contributed by atoms with van der Waals surface area (Å²) in [6, 6.07) is 10.1. The first-order chi connectivity index (χ1) is 12.6. The molecule has 0 spiro atoms. The Labute approximate surface area is 156 Å². The first-order valence-corrected chi connectivity index (χ1v) is 9.73. The maximum absolute atomic E-state index is 12.6. The molecule has 1 aromatic carbocycles. The number of hydrogen-bond donors (Lipinski definition) is 2. The van der Waals surface area contributed by atoms with Crippen LogP contribution in [0.5, 0.6) is 0 Å². The van der Waals surface area contributed by atoms with Gasteiger partial charge in [-0.25, -0.2) is 0 Å². The molecular weight excluding hydrogens is 324 g/mol. The van der Waals surface area contributed by atoms with Crippen molar-refractivity contribution in [3.05, 3.63) is 52.8 Å². The van der Waals surface area contributed by atoms with E-state index >= 15 is 0 Å². The number of nitrogens with zero attached hydrogens (tertiary/aromatic N) is 2. The van der Waals surface area contributed by atoms with Crippen LogP contribution in [0.2, 0.25) is 0 Å². The van der Waals surface area contributed by atoms with E-state index in [1.54, 1.807) is 0 Å². The predicted octanol–water partition coefficient (Wildman–Crippen LogP) is 3.46. The van der Waals surface area contributed by atoms with E-state index in [1.807, 2.05) is 38.1 Å². The number of aryl methyl sites for hydroxylation is 1. The molecule has 1 saturated heterocycles. The molecule has 2 N–H and O–H groups in total. The van der Waals surface area contributed by atoms with Gasteiger partial charge in [0.2, 0.25) is 0 Å². The number of carbonyl (C=O) groups excluding carboxylic acids is 1. The molecule has 1 aliphatic rings. The van der Waals surface area contributed by atoms with Gasteiger partial charge in [-0.2, -0.15) is 5.10 Å². The van der Waals surface area contributed by atoms with Crippen molar-refractivity contribution in [3.63, 3.8) is 0 Å². The van der Waals surface area contributed by atoms with Crippen LogP contribution in [0.25, 0.3) is 0 Å². The number of carbonyl (C=O) groups is 1. The molecule has 0 aliphatic carbocycles. The maximum atomic E-state index is 12.6. The van der Waals surface area contributed by atoms with Crippen molar-refractivity contribution in [2.24, 2.45) is 0 Å². The Morgan fingerprint density at radius 1 is 1.23 bits per heavy atom. The zero-order chi connectivity index (χ0) is 18.4. The molecule has 1 aromatic heterocycles. The topological polar surface area (TPSA) is 61.0 Å². The van der Waals surface area contributed by atoms with Gasteiger partial charge in [0.1, 0.15) is 0 Å². The third kappa shape index (κ3) is 5.43. The van der Waals surface area contributed by atoms with E-state index in [1.165, 1.54) is 31.2 Å². The lowest BCUT2D eigenvalue weighted by atomic mass is 10.1. The first-order valence-electron chi connectivity index (χ1n) is 9.73. The van der Waals surface area contributed by atoms with Crippen LogP contribution < -0.4 is 5.32 Å². The zero-order valence-corrected chi connectivity index (χ0v) is 15.9. The van der Waals surface area contributed by atoms with Gasteiger partial charge in [0.15, 0.2) is 0 Å². The summed E-state index contributed by atoms with van der Waals surface area (Å²) in [4.78, 5) is 15.1. The third-order valence-electron chi connectivity index (χ3n) is 4.95. The molecular formula is C21H30N4O. The van der Waals surface area contributed by atoms with Gasteiger partial charge in [0.05, 0.1) is 5.69 Å². The molecule has 1 aliphatic heterocycles. The molecule has 0 unspecified atom stereocenters. The van der Waals surface area contributed by atoms with Crippen molar-refractivity contribution in [1.82, 2.24) is 20.4 Å². The number of aromatic nitrogens is 2. The monoisotopic (exact) mass is 354 g/mol. The second-order valence-electron chi connectivity index (χ2n) is 7.51. The summed E-state index contributed by atoms with van der Waals surface area (Å²) in [5.41, 5.74) is 3.97. The Hall–Kier alpha value is -2.14. The molecule has 1 atom stereocenters. The van der Waals surface area contributed by atoms with Gasteiger partial charge in [0, 0.05) is 30.3 Å². The van der Waals surface area contributed by atoms with Crippen LogP contribution in [0.4, 0.5) is 0 Å². The van der Waals surface area contributed by atoms with E-state index in [0.717, 1.165) is 43.0 Å². The number of nitrogens with one attached hydrogen (secondary N) is 2. The summed E-state index contributed by atoms with van der Waals surface area (Å²) in [6.07, 6.45) is 5.97. The van der Waals surface area contributed by atoms with Crippen LogP contribution >= 0.6 is 0 Å². The molecule has 3 rings (SSSR count). The van der Waals surface area contributed by atoms with Crippen LogP contribution in [0.15, 0.2) is 30.3 Å². The highest BCUT2D eigenvalue weighted by molar-refractivity contribution is 5.94. The average Bonchev–Trinajstić information content (AvgIpc) is 2.86. The van der Waals surface area contributed by atoms with Crippen LogP contribution in [0, 0.1) is 6.92 Å². The minimum atomic E-state index is -0.0116. The molecule has 1 amide bonds. The van der Waals surface area contributed by atoms with Gasteiger partial charge in [-0.15, -0.1) is 0 Å². The second kappa shape index (κ2) is 8.99. The van der Waals surface area contributed by atoms with Crippen molar-refractivity contribution < 1.29 is 4.79 Å². The fourth-order valence-corrected chi connectivity index (χ4v) is 3.61. The zero-order valence-electron chi connectivity index (χ0n) is 15.9. The molecule has 0 radical (unpaired) electrons. The number of H-pyrrole nitrogens is 1. The Kier molecular flexibility index (Phi) is 6.45. The van der Waals surface area contributed by atoms with Gasteiger partial charge in [-0.3, -0.25) is 14.8 Å². The van der Waals surface area contributed by atoms with E-state index in [9.17, 15) is 4.79 Å². The minimum absolute atomic E-state index is 0.0116. The maximum Gasteiger partial charge on any atom is 0.251 e. The molecule has 140 valence electrons. The Balaban J connectivity index is 1.56. The highest BCUT2D eigenvalue weighted by atomic mass is 16.1. The van der Waals surface area contributed by atoms with Gasteiger partial charge >= 0.3 is 0 Å².